The molecule has 6 heteroatoms. The Hall–Kier alpha value is -3.12. The molecule has 0 saturated carbocycles. The van der Waals surface area contributed by atoms with E-state index < -0.39 is 6.10 Å². The Morgan fingerprint density at radius 1 is 1.24 bits per heavy atom. The van der Waals surface area contributed by atoms with Gasteiger partial charge in [0, 0.05) is 17.5 Å². The Kier molecular flexibility index (Phi) is 10.5. The molecule has 1 atom stereocenters. The first-order chi connectivity index (χ1) is 18.1. The lowest BCUT2D eigenvalue weighted by Crippen LogP contribution is -2.42. The summed E-state index contributed by atoms with van der Waals surface area (Å²) < 4.78 is 25.2. The molecule has 5 nitrogen and oxygen atoms in total. The molecule has 1 aliphatic carbocycles. The van der Waals surface area contributed by atoms with E-state index in [9.17, 15) is 14.3 Å². The standard InChI is InChI=1S/C32H42FNO4/c1-6-37-31(36)14-10-9-13-27-15-22(2)30(33)18-29(27)23(3)38-21-28(35)20-34-32(4,5)19-24-16-25-11-7-8-12-26(25)17-24/h7-9,11-13,15,18,21,23-24,34-35H,6,10,14,16-17,19-20H2,1-5H3/b13-9+,28-21-/t23-/m1/s1. The molecular weight excluding hydrogens is 481 g/mol. The van der Waals surface area contributed by atoms with Crippen LogP contribution in [0.3, 0.4) is 0 Å². The Bertz CT molecular complexity index is 1130. The van der Waals surface area contributed by atoms with Crippen molar-refractivity contribution in [2.24, 2.45) is 5.92 Å². The third kappa shape index (κ3) is 8.73. The van der Waals surface area contributed by atoms with Gasteiger partial charge in [-0.25, -0.2) is 4.39 Å². The number of hydrogen-bond acceptors (Lipinski definition) is 5. The molecule has 2 N–H and O–H groups in total. The highest BCUT2D eigenvalue weighted by molar-refractivity contribution is 5.69. The number of benzene rings is 2. The van der Waals surface area contributed by atoms with E-state index in [-0.39, 0.29) is 29.6 Å². The first-order valence-electron chi connectivity index (χ1n) is 13.6. The Morgan fingerprint density at radius 3 is 2.58 bits per heavy atom. The molecule has 0 aliphatic heterocycles. The van der Waals surface area contributed by atoms with Crippen LogP contribution in [-0.2, 0) is 27.1 Å². The average Bonchev–Trinajstić information content (AvgIpc) is 3.27. The minimum atomic E-state index is -0.484. The van der Waals surface area contributed by atoms with E-state index in [1.165, 1.54) is 23.5 Å². The third-order valence-electron chi connectivity index (χ3n) is 7.01. The van der Waals surface area contributed by atoms with Crippen molar-refractivity contribution in [2.45, 2.75) is 78.4 Å². The molecule has 2 aromatic carbocycles. The quantitative estimate of drug-likeness (QED) is 0.216. The molecule has 3 rings (SSSR count). The number of esters is 1. The maximum atomic E-state index is 14.4. The van der Waals surface area contributed by atoms with Crippen LogP contribution in [0.15, 0.2) is 54.5 Å². The summed E-state index contributed by atoms with van der Waals surface area (Å²) in [5, 5.41) is 13.9. The van der Waals surface area contributed by atoms with Gasteiger partial charge in [-0.3, -0.25) is 4.79 Å². The van der Waals surface area contributed by atoms with Gasteiger partial charge < -0.3 is 19.9 Å². The van der Waals surface area contributed by atoms with Crippen LogP contribution in [0.4, 0.5) is 4.39 Å². The molecule has 0 unspecified atom stereocenters. The van der Waals surface area contributed by atoms with Crippen molar-refractivity contribution in [1.82, 2.24) is 5.32 Å². The molecule has 0 saturated heterocycles. The van der Waals surface area contributed by atoms with Gasteiger partial charge in [-0.15, -0.1) is 0 Å². The van der Waals surface area contributed by atoms with E-state index in [1.807, 2.05) is 19.1 Å². The number of nitrogens with one attached hydrogen (secondary N) is 1. The second kappa shape index (κ2) is 13.6. The van der Waals surface area contributed by atoms with Crippen LogP contribution in [0.5, 0.6) is 0 Å². The fourth-order valence-corrected chi connectivity index (χ4v) is 5.07. The van der Waals surface area contributed by atoms with E-state index in [2.05, 4.69) is 43.4 Å². The summed E-state index contributed by atoms with van der Waals surface area (Å²) >= 11 is 0. The maximum Gasteiger partial charge on any atom is 0.306 e. The van der Waals surface area contributed by atoms with E-state index in [0.717, 1.165) is 24.8 Å². The van der Waals surface area contributed by atoms with Crippen molar-refractivity contribution in [3.05, 3.63) is 88.1 Å². The predicted octanol–water partition coefficient (Wildman–Crippen LogP) is 7.14. The minimum Gasteiger partial charge on any atom is -0.508 e. The lowest BCUT2D eigenvalue weighted by atomic mass is 9.88. The van der Waals surface area contributed by atoms with Crippen LogP contribution in [0.25, 0.3) is 6.08 Å². The number of allylic oxidation sites excluding steroid dienone is 1. The van der Waals surface area contributed by atoms with Gasteiger partial charge in [-0.2, -0.15) is 0 Å². The van der Waals surface area contributed by atoms with Crippen molar-refractivity contribution >= 4 is 12.0 Å². The number of halogens is 1. The van der Waals surface area contributed by atoms with Crippen LogP contribution in [0, 0.1) is 18.7 Å². The van der Waals surface area contributed by atoms with Gasteiger partial charge in [0.1, 0.15) is 23.9 Å². The lowest BCUT2D eigenvalue weighted by molar-refractivity contribution is -0.143. The summed E-state index contributed by atoms with van der Waals surface area (Å²) in [7, 11) is 0. The van der Waals surface area contributed by atoms with Crippen LogP contribution in [-0.4, -0.2) is 29.8 Å². The summed E-state index contributed by atoms with van der Waals surface area (Å²) in [5.74, 6) is 0.108. The first-order valence-corrected chi connectivity index (χ1v) is 13.6. The predicted molar refractivity (Wildman–Crippen MR) is 150 cm³/mol. The fraction of sp³-hybridized carbons (Fsp3) is 0.469. The number of carbonyl (C=O) groups is 1. The summed E-state index contributed by atoms with van der Waals surface area (Å²) in [5.41, 5.74) is 4.74. The molecular formula is C32H42FNO4. The fourth-order valence-electron chi connectivity index (χ4n) is 5.07. The van der Waals surface area contributed by atoms with E-state index in [1.54, 1.807) is 19.9 Å². The molecule has 0 radical (unpaired) electrons. The molecule has 206 valence electrons. The molecule has 0 aromatic heterocycles. The Balaban J connectivity index is 1.54. The summed E-state index contributed by atoms with van der Waals surface area (Å²) in [6.07, 6.45) is 8.61. The summed E-state index contributed by atoms with van der Waals surface area (Å²) in [4.78, 5) is 11.6. The molecule has 2 aromatic rings. The van der Waals surface area contributed by atoms with Gasteiger partial charge in [0.2, 0.25) is 0 Å². The Labute approximate surface area is 226 Å². The molecule has 1 aliphatic rings. The van der Waals surface area contributed by atoms with Crippen molar-refractivity contribution in [3.63, 3.8) is 0 Å². The van der Waals surface area contributed by atoms with Crippen molar-refractivity contribution in [3.8, 4) is 0 Å². The van der Waals surface area contributed by atoms with Crippen LogP contribution >= 0.6 is 0 Å². The zero-order valence-corrected chi connectivity index (χ0v) is 23.4. The van der Waals surface area contributed by atoms with Gasteiger partial charge in [-0.05, 0) is 101 Å². The zero-order valence-electron chi connectivity index (χ0n) is 23.4. The second-order valence-electron chi connectivity index (χ2n) is 10.8. The Morgan fingerprint density at radius 2 is 1.92 bits per heavy atom. The largest absolute Gasteiger partial charge is 0.508 e. The van der Waals surface area contributed by atoms with E-state index in [0.29, 0.717) is 36.5 Å². The van der Waals surface area contributed by atoms with Gasteiger partial charge in [0.05, 0.1) is 13.2 Å². The number of aliphatic hydroxyl groups excluding tert-OH is 1. The monoisotopic (exact) mass is 523 g/mol. The molecule has 38 heavy (non-hydrogen) atoms. The molecule has 0 heterocycles. The van der Waals surface area contributed by atoms with Crippen molar-refractivity contribution < 1.29 is 23.8 Å². The highest BCUT2D eigenvalue weighted by Crippen LogP contribution is 2.32. The lowest BCUT2D eigenvalue weighted by Gasteiger charge is -2.29. The molecule has 0 spiro atoms. The average molecular weight is 524 g/mol. The highest BCUT2D eigenvalue weighted by atomic mass is 19.1. The normalized spacial score (nSPS) is 15.1. The van der Waals surface area contributed by atoms with E-state index >= 15 is 0 Å². The zero-order chi connectivity index (χ0) is 27.7. The first kappa shape index (κ1) is 29.4. The van der Waals surface area contributed by atoms with Gasteiger partial charge in [0.25, 0.3) is 0 Å². The minimum absolute atomic E-state index is 0.0822. The molecule has 0 bridgehead atoms. The highest BCUT2D eigenvalue weighted by Gasteiger charge is 2.28. The van der Waals surface area contributed by atoms with Crippen LogP contribution in [0.2, 0.25) is 0 Å². The van der Waals surface area contributed by atoms with Crippen molar-refractivity contribution in [1.29, 1.82) is 0 Å². The van der Waals surface area contributed by atoms with Gasteiger partial charge >= 0.3 is 5.97 Å². The number of carbonyl (C=O) groups excluding carboxylic acids is 1. The number of ether oxygens (including phenoxy) is 2. The molecule has 0 amide bonds. The number of fused-ring (bicyclic) bond motifs is 1. The van der Waals surface area contributed by atoms with Crippen LogP contribution < -0.4 is 5.32 Å². The van der Waals surface area contributed by atoms with Crippen molar-refractivity contribution in [2.75, 3.05) is 13.2 Å². The number of rotatable bonds is 13. The summed E-state index contributed by atoms with van der Waals surface area (Å²) in [6, 6.07) is 11.9. The second-order valence-corrected chi connectivity index (χ2v) is 10.8. The smallest absolute Gasteiger partial charge is 0.306 e. The number of aryl methyl sites for hydroxylation is 1. The van der Waals surface area contributed by atoms with Crippen LogP contribution in [0.1, 0.15) is 80.9 Å². The van der Waals surface area contributed by atoms with Gasteiger partial charge in [-0.1, -0.05) is 36.4 Å². The van der Waals surface area contributed by atoms with E-state index in [4.69, 9.17) is 9.47 Å². The summed E-state index contributed by atoms with van der Waals surface area (Å²) in [6.45, 7) is 10.3. The van der Waals surface area contributed by atoms with Gasteiger partial charge in [0.15, 0.2) is 0 Å². The number of hydrogen-bond donors (Lipinski definition) is 2. The third-order valence-corrected chi connectivity index (χ3v) is 7.01. The maximum absolute atomic E-state index is 14.4. The molecule has 0 fully saturated rings. The topological polar surface area (TPSA) is 67.8 Å². The SMILES string of the molecule is CCOC(=O)CC/C=C/c1cc(C)c(F)cc1[C@@H](C)O/C=C(\O)CNC(C)(C)CC1Cc2ccccc2C1. The number of aliphatic hydroxyl groups is 1.